The number of hydrogen-bond donors (Lipinski definition) is 2. The Balaban J connectivity index is 1.83. The van der Waals surface area contributed by atoms with E-state index in [4.69, 9.17) is 11.6 Å². The lowest BCUT2D eigenvalue weighted by molar-refractivity contribution is 0.219. The zero-order valence-electron chi connectivity index (χ0n) is 9.17. The van der Waals surface area contributed by atoms with Crippen LogP contribution in [-0.2, 0) is 0 Å². The molecule has 0 aromatic heterocycles. The van der Waals surface area contributed by atoms with Gasteiger partial charge >= 0.3 is 6.03 Å². The summed E-state index contributed by atoms with van der Waals surface area (Å²) < 4.78 is 0.927. The zero-order valence-corrected chi connectivity index (χ0v) is 11.5. The summed E-state index contributed by atoms with van der Waals surface area (Å²) in [5, 5.41) is 6.73. The minimum absolute atomic E-state index is 0.0157. The fraction of sp³-hybridized carbons (Fsp3) is 0.364. The maximum absolute atomic E-state index is 11.3. The quantitative estimate of drug-likeness (QED) is 0.896. The number of urea groups is 1. The van der Waals surface area contributed by atoms with E-state index in [0.717, 1.165) is 23.2 Å². The summed E-state index contributed by atoms with van der Waals surface area (Å²) >= 11 is 9.29. The molecule has 2 rings (SSSR count). The number of carbonyl (C=O) groups is 1. The van der Waals surface area contributed by atoms with Crippen molar-refractivity contribution in [1.82, 2.24) is 10.2 Å². The minimum Gasteiger partial charge on any atom is -0.382 e. The number of carbonyl (C=O) groups excluding carboxylic acids is 1. The van der Waals surface area contributed by atoms with Crippen LogP contribution in [0.5, 0.6) is 0 Å². The van der Waals surface area contributed by atoms with Gasteiger partial charge in [-0.05, 0) is 34.1 Å². The van der Waals surface area contributed by atoms with Crippen LogP contribution in [0.3, 0.4) is 0 Å². The number of halogens is 2. The van der Waals surface area contributed by atoms with Crippen molar-refractivity contribution >= 4 is 39.2 Å². The van der Waals surface area contributed by atoms with Crippen molar-refractivity contribution in [3.63, 3.8) is 0 Å². The average Bonchev–Trinajstić information content (AvgIpc) is 2.68. The summed E-state index contributed by atoms with van der Waals surface area (Å²) in [6, 6.07) is 5.60. The fourth-order valence-corrected chi connectivity index (χ4v) is 2.51. The van der Waals surface area contributed by atoms with E-state index in [-0.39, 0.29) is 6.03 Å². The van der Waals surface area contributed by atoms with Crippen molar-refractivity contribution < 1.29 is 4.79 Å². The molecule has 1 aromatic rings. The van der Waals surface area contributed by atoms with Gasteiger partial charge in [0, 0.05) is 41.4 Å². The lowest BCUT2D eigenvalue weighted by Crippen LogP contribution is -2.32. The summed E-state index contributed by atoms with van der Waals surface area (Å²) in [6.45, 7) is 2.93. The summed E-state index contributed by atoms with van der Waals surface area (Å²) in [5.41, 5.74) is 0.981. The van der Waals surface area contributed by atoms with Crippen LogP contribution < -0.4 is 10.6 Å². The molecule has 92 valence electrons. The normalized spacial score (nSPS) is 14.9. The van der Waals surface area contributed by atoms with E-state index >= 15 is 0 Å². The molecule has 4 nitrogen and oxygen atoms in total. The van der Waals surface area contributed by atoms with Crippen LogP contribution in [0.15, 0.2) is 22.7 Å². The Kier molecular flexibility index (Phi) is 4.12. The van der Waals surface area contributed by atoms with Crippen molar-refractivity contribution in [2.75, 3.05) is 31.5 Å². The minimum atomic E-state index is 0.0157. The molecule has 0 unspecified atom stereocenters. The highest BCUT2D eigenvalue weighted by atomic mass is 79.9. The smallest absolute Gasteiger partial charge is 0.317 e. The van der Waals surface area contributed by atoms with Gasteiger partial charge in [-0.1, -0.05) is 11.6 Å². The zero-order chi connectivity index (χ0) is 12.3. The molecule has 0 aliphatic carbocycles. The highest BCUT2D eigenvalue weighted by Gasteiger charge is 2.18. The van der Waals surface area contributed by atoms with Crippen molar-refractivity contribution in [1.29, 1.82) is 0 Å². The third-order valence-electron chi connectivity index (χ3n) is 2.57. The lowest BCUT2D eigenvalue weighted by atomic mass is 10.3. The molecule has 2 N–H and O–H groups in total. The highest BCUT2D eigenvalue weighted by molar-refractivity contribution is 9.10. The fourth-order valence-electron chi connectivity index (χ4n) is 1.68. The number of benzene rings is 1. The van der Waals surface area contributed by atoms with Crippen LogP contribution >= 0.6 is 27.5 Å². The molecule has 0 spiro atoms. The molecule has 1 aromatic carbocycles. The molecular formula is C11H13BrClN3O. The van der Waals surface area contributed by atoms with Crippen LogP contribution in [0.25, 0.3) is 0 Å². The second-order valence-corrected chi connectivity index (χ2v) is 5.06. The Labute approximate surface area is 113 Å². The molecule has 0 radical (unpaired) electrons. The number of hydrogen-bond acceptors (Lipinski definition) is 2. The first-order chi connectivity index (χ1) is 8.16. The summed E-state index contributed by atoms with van der Waals surface area (Å²) in [7, 11) is 0. The third kappa shape index (κ3) is 3.26. The maximum Gasteiger partial charge on any atom is 0.317 e. The molecule has 1 aliphatic rings. The monoisotopic (exact) mass is 317 g/mol. The van der Waals surface area contributed by atoms with Crippen molar-refractivity contribution in [2.45, 2.75) is 0 Å². The van der Waals surface area contributed by atoms with E-state index in [1.54, 1.807) is 4.90 Å². The second-order valence-electron chi connectivity index (χ2n) is 3.77. The Bertz CT molecular complexity index is 427. The SMILES string of the molecule is O=C1NCCN1CCNc1ccc(Cl)cc1Br. The molecule has 0 atom stereocenters. The summed E-state index contributed by atoms with van der Waals surface area (Å²) in [6.07, 6.45) is 0. The van der Waals surface area contributed by atoms with Gasteiger partial charge in [-0.2, -0.15) is 0 Å². The van der Waals surface area contributed by atoms with E-state index in [2.05, 4.69) is 26.6 Å². The molecule has 1 saturated heterocycles. The van der Waals surface area contributed by atoms with Crippen molar-refractivity contribution in [3.8, 4) is 0 Å². The molecule has 1 heterocycles. The molecule has 17 heavy (non-hydrogen) atoms. The van der Waals surface area contributed by atoms with Gasteiger partial charge in [-0.15, -0.1) is 0 Å². The van der Waals surface area contributed by atoms with Crippen LogP contribution in [0.1, 0.15) is 0 Å². The predicted molar refractivity (Wildman–Crippen MR) is 72.6 cm³/mol. The molecule has 6 heteroatoms. The predicted octanol–water partition coefficient (Wildman–Crippen LogP) is 2.54. The molecule has 1 aliphatic heterocycles. The van der Waals surface area contributed by atoms with E-state index in [1.807, 2.05) is 18.2 Å². The van der Waals surface area contributed by atoms with E-state index in [1.165, 1.54) is 0 Å². The van der Waals surface area contributed by atoms with Crippen molar-refractivity contribution in [2.24, 2.45) is 0 Å². The Morgan fingerprint density at radius 2 is 2.35 bits per heavy atom. The lowest BCUT2D eigenvalue weighted by Gasteiger charge is -2.15. The topological polar surface area (TPSA) is 44.4 Å². The standard InChI is InChI=1S/C11H13BrClN3O/c12-9-7-8(13)1-2-10(9)14-3-5-16-6-4-15-11(16)17/h1-2,7,14H,3-6H2,(H,15,17). The Morgan fingerprint density at radius 3 is 3.00 bits per heavy atom. The average molecular weight is 319 g/mol. The first-order valence-electron chi connectivity index (χ1n) is 5.38. The number of amides is 2. The van der Waals surface area contributed by atoms with Gasteiger partial charge in [0.1, 0.15) is 0 Å². The van der Waals surface area contributed by atoms with Gasteiger partial charge in [-0.25, -0.2) is 4.79 Å². The maximum atomic E-state index is 11.3. The van der Waals surface area contributed by atoms with E-state index < -0.39 is 0 Å². The first kappa shape index (κ1) is 12.5. The highest BCUT2D eigenvalue weighted by Crippen LogP contribution is 2.25. The van der Waals surface area contributed by atoms with Crippen LogP contribution in [-0.4, -0.2) is 37.1 Å². The van der Waals surface area contributed by atoms with Crippen LogP contribution in [0, 0.1) is 0 Å². The number of anilines is 1. The first-order valence-corrected chi connectivity index (χ1v) is 6.55. The molecular weight excluding hydrogens is 305 g/mol. The Morgan fingerprint density at radius 1 is 1.53 bits per heavy atom. The van der Waals surface area contributed by atoms with Gasteiger partial charge in [-0.3, -0.25) is 0 Å². The van der Waals surface area contributed by atoms with Gasteiger partial charge < -0.3 is 15.5 Å². The number of nitrogens with zero attached hydrogens (tertiary/aromatic N) is 1. The van der Waals surface area contributed by atoms with Gasteiger partial charge in [0.15, 0.2) is 0 Å². The van der Waals surface area contributed by atoms with Gasteiger partial charge in [0.25, 0.3) is 0 Å². The number of rotatable bonds is 4. The number of nitrogens with one attached hydrogen (secondary N) is 2. The summed E-state index contributed by atoms with van der Waals surface area (Å²) in [4.78, 5) is 13.1. The summed E-state index contributed by atoms with van der Waals surface area (Å²) in [5.74, 6) is 0. The van der Waals surface area contributed by atoms with Gasteiger partial charge in [0.2, 0.25) is 0 Å². The van der Waals surface area contributed by atoms with Crippen LogP contribution in [0.2, 0.25) is 5.02 Å². The Hall–Kier alpha value is -0.940. The van der Waals surface area contributed by atoms with E-state index in [9.17, 15) is 4.79 Å². The van der Waals surface area contributed by atoms with Gasteiger partial charge in [0.05, 0.1) is 0 Å². The van der Waals surface area contributed by atoms with Crippen LogP contribution in [0.4, 0.5) is 10.5 Å². The molecule has 2 amide bonds. The second kappa shape index (κ2) is 5.60. The largest absolute Gasteiger partial charge is 0.382 e. The molecule has 0 bridgehead atoms. The molecule has 0 saturated carbocycles. The van der Waals surface area contributed by atoms with E-state index in [0.29, 0.717) is 18.1 Å². The van der Waals surface area contributed by atoms with Crippen molar-refractivity contribution in [3.05, 3.63) is 27.7 Å². The third-order valence-corrected chi connectivity index (χ3v) is 3.46. The molecule has 1 fully saturated rings.